The molecule has 0 aliphatic carbocycles. The lowest BCUT2D eigenvalue weighted by atomic mass is 10.3. The van der Waals surface area contributed by atoms with Crippen LogP contribution in [0.5, 0.6) is 5.88 Å². The molecule has 2 aromatic rings. The van der Waals surface area contributed by atoms with Crippen LogP contribution in [0, 0.1) is 0 Å². The Balaban J connectivity index is 2.43. The summed E-state index contributed by atoms with van der Waals surface area (Å²) in [6.07, 6.45) is 2.85. The molecule has 0 saturated carbocycles. The van der Waals surface area contributed by atoms with Crippen LogP contribution in [0.25, 0.3) is 5.82 Å². The highest BCUT2D eigenvalue weighted by Gasteiger charge is 2.12. The first-order chi connectivity index (χ1) is 8.13. The molecule has 7 heteroatoms. The molecule has 6 nitrogen and oxygen atoms in total. The molecular weight excluding hydrogens is 290 g/mol. The molecule has 88 valence electrons. The van der Waals surface area contributed by atoms with Gasteiger partial charge in [-0.2, -0.15) is 9.78 Å². The van der Waals surface area contributed by atoms with Gasteiger partial charge in [0.2, 0.25) is 5.88 Å². The van der Waals surface area contributed by atoms with Crippen molar-refractivity contribution < 1.29 is 14.6 Å². The molecule has 0 unspecified atom stereocenters. The van der Waals surface area contributed by atoms with E-state index in [-0.39, 0.29) is 5.56 Å². The van der Waals surface area contributed by atoms with Crippen molar-refractivity contribution in [2.45, 2.75) is 0 Å². The van der Waals surface area contributed by atoms with Crippen molar-refractivity contribution in [3.8, 4) is 11.7 Å². The number of rotatable bonds is 3. The molecule has 0 aromatic carbocycles. The zero-order chi connectivity index (χ0) is 12.4. The molecule has 0 radical (unpaired) electrons. The second kappa shape index (κ2) is 4.54. The second-order valence-electron chi connectivity index (χ2n) is 3.12. The minimum Gasteiger partial charge on any atom is -0.480 e. The van der Waals surface area contributed by atoms with Crippen LogP contribution in [-0.2, 0) is 0 Å². The summed E-state index contributed by atoms with van der Waals surface area (Å²) in [5.74, 6) is -0.0317. The van der Waals surface area contributed by atoms with E-state index < -0.39 is 5.97 Å². The number of hydrogen-bond donors (Lipinski definition) is 1. The van der Waals surface area contributed by atoms with Gasteiger partial charge in [-0.3, -0.25) is 0 Å². The Hall–Kier alpha value is -1.89. The van der Waals surface area contributed by atoms with Crippen molar-refractivity contribution in [3.05, 3.63) is 34.6 Å². The molecule has 0 bridgehead atoms. The summed E-state index contributed by atoms with van der Waals surface area (Å²) in [6.45, 7) is 0. The van der Waals surface area contributed by atoms with Crippen molar-refractivity contribution in [1.29, 1.82) is 0 Å². The SMILES string of the molecule is COc1c(Br)cnn1-c1ccc(C(=O)O)cn1. The van der Waals surface area contributed by atoms with E-state index in [2.05, 4.69) is 26.0 Å². The van der Waals surface area contributed by atoms with Gasteiger partial charge in [0.15, 0.2) is 5.82 Å². The van der Waals surface area contributed by atoms with Crippen LogP contribution in [0.1, 0.15) is 10.4 Å². The van der Waals surface area contributed by atoms with Gasteiger partial charge in [-0.15, -0.1) is 0 Å². The number of halogens is 1. The van der Waals surface area contributed by atoms with Crippen LogP contribution >= 0.6 is 15.9 Å². The lowest BCUT2D eigenvalue weighted by Crippen LogP contribution is -2.04. The molecule has 0 atom stereocenters. The van der Waals surface area contributed by atoms with Crippen LogP contribution in [-0.4, -0.2) is 33.0 Å². The number of carboxylic acids is 1. The Morgan fingerprint density at radius 2 is 2.24 bits per heavy atom. The summed E-state index contributed by atoms with van der Waals surface area (Å²) in [7, 11) is 1.52. The first-order valence-electron chi connectivity index (χ1n) is 4.60. The molecule has 2 heterocycles. The number of carboxylic acid groups (broad SMARTS) is 1. The Labute approximate surface area is 105 Å². The summed E-state index contributed by atoms with van der Waals surface area (Å²) >= 11 is 3.28. The van der Waals surface area contributed by atoms with Gasteiger partial charge in [0.1, 0.15) is 0 Å². The molecule has 2 rings (SSSR count). The molecule has 0 saturated heterocycles. The number of hydrogen-bond acceptors (Lipinski definition) is 4. The fourth-order valence-electron chi connectivity index (χ4n) is 1.30. The van der Waals surface area contributed by atoms with E-state index in [9.17, 15) is 4.79 Å². The van der Waals surface area contributed by atoms with Gasteiger partial charge >= 0.3 is 5.97 Å². The minimum atomic E-state index is -1.02. The highest BCUT2D eigenvalue weighted by atomic mass is 79.9. The van der Waals surface area contributed by atoms with E-state index in [1.165, 1.54) is 24.1 Å². The fraction of sp³-hybridized carbons (Fsp3) is 0.100. The number of nitrogens with zero attached hydrogens (tertiary/aromatic N) is 3. The number of carbonyl (C=O) groups is 1. The molecule has 2 aromatic heterocycles. The summed E-state index contributed by atoms with van der Waals surface area (Å²) in [6, 6.07) is 3.02. The number of aromatic nitrogens is 3. The maximum atomic E-state index is 10.7. The van der Waals surface area contributed by atoms with Crippen LogP contribution in [0.2, 0.25) is 0 Å². The van der Waals surface area contributed by atoms with E-state index in [1.807, 2.05) is 0 Å². The molecule has 0 aliphatic heterocycles. The van der Waals surface area contributed by atoms with Crippen molar-refractivity contribution >= 4 is 21.9 Å². The topological polar surface area (TPSA) is 77.2 Å². The van der Waals surface area contributed by atoms with Crippen LogP contribution in [0.3, 0.4) is 0 Å². The van der Waals surface area contributed by atoms with Gasteiger partial charge < -0.3 is 9.84 Å². The van der Waals surface area contributed by atoms with Crippen molar-refractivity contribution in [2.75, 3.05) is 7.11 Å². The smallest absolute Gasteiger partial charge is 0.337 e. The van der Waals surface area contributed by atoms with E-state index in [4.69, 9.17) is 9.84 Å². The van der Waals surface area contributed by atoms with Gasteiger partial charge in [0, 0.05) is 6.20 Å². The third-order valence-electron chi connectivity index (χ3n) is 2.09. The Kier molecular flexibility index (Phi) is 3.10. The average molecular weight is 298 g/mol. The predicted molar refractivity (Wildman–Crippen MR) is 62.6 cm³/mol. The maximum absolute atomic E-state index is 10.7. The van der Waals surface area contributed by atoms with E-state index in [0.29, 0.717) is 16.2 Å². The number of ether oxygens (including phenoxy) is 1. The Morgan fingerprint density at radius 3 is 2.76 bits per heavy atom. The normalized spacial score (nSPS) is 10.2. The van der Waals surface area contributed by atoms with Crippen molar-refractivity contribution in [1.82, 2.24) is 14.8 Å². The number of methoxy groups -OCH3 is 1. The van der Waals surface area contributed by atoms with E-state index in [1.54, 1.807) is 12.3 Å². The molecule has 0 fully saturated rings. The zero-order valence-electron chi connectivity index (χ0n) is 8.79. The summed E-state index contributed by atoms with van der Waals surface area (Å²) in [4.78, 5) is 14.7. The molecule has 0 amide bonds. The highest BCUT2D eigenvalue weighted by molar-refractivity contribution is 9.10. The van der Waals surface area contributed by atoms with Crippen molar-refractivity contribution in [2.24, 2.45) is 0 Å². The monoisotopic (exact) mass is 297 g/mol. The summed E-state index contributed by atoms with van der Waals surface area (Å²) in [5, 5.41) is 12.8. The first-order valence-corrected chi connectivity index (χ1v) is 5.40. The minimum absolute atomic E-state index is 0.124. The molecule has 1 N–H and O–H groups in total. The predicted octanol–water partition coefficient (Wildman–Crippen LogP) is 1.74. The molecule has 0 spiro atoms. The van der Waals surface area contributed by atoms with Gasteiger partial charge in [0.25, 0.3) is 0 Å². The maximum Gasteiger partial charge on any atom is 0.337 e. The van der Waals surface area contributed by atoms with Gasteiger partial charge in [-0.05, 0) is 28.1 Å². The lowest BCUT2D eigenvalue weighted by molar-refractivity contribution is 0.0696. The molecular formula is C10H8BrN3O3. The van der Waals surface area contributed by atoms with Crippen molar-refractivity contribution in [3.63, 3.8) is 0 Å². The lowest BCUT2D eigenvalue weighted by Gasteiger charge is -2.05. The summed E-state index contributed by atoms with van der Waals surface area (Å²) in [5.41, 5.74) is 0.124. The Morgan fingerprint density at radius 1 is 1.47 bits per heavy atom. The molecule has 17 heavy (non-hydrogen) atoms. The third-order valence-corrected chi connectivity index (χ3v) is 2.63. The fourth-order valence-corrected chi connectivity index (χ4v) is 1.72. The first kappa shape index (κ1) is 11.6. The average Bonchev–Trinajstić information content (AvgIpc) is 2.70. The standard InChI is InChI=1S/C10H8BrN3O3/c1-17-9-7(11)5-13-14(9)8-3-2-6(4-12-8)10(15)16/h2-5H,1H3,(H,15,16). The highest BCUT2D eigenvalue weighted by Crippen LogP contribution is 2.26. The van der Waals surface area contributed by atoms with E-state index in [0.717, 1.165) is 0 Å². The van der Waals surface area contributed by atoms with Gasteiger partial charge in [-0.25, -0.2) is 9.78 Å². The van der Waals surface area contributed by atoms with Crippen LogP contribution < -0.4 is 4.74 Å². The zero-order valence-corrected chi connectivity index (χ0v) is 10.4. The third kappa shape index (κ3) is 2.14. The van der Waals surface area contributed by atoms with Gasteiger partial charge in [-0.1, -0.05) is 0 Å². The van der Waals surface area contributed by atoms with E-state index >= 15 is 0 Å². The summed E-state index contributed by atoms with van der Waals surface area (Å²) < 4.78 is 7.31. The van der Waals surface area contributed by atoms with Crippen LogP contribution in [0.4, 0.5) is 0 Å². The number of aromatic carboxylic acids is 1. The van der Waals surface area contributed by atoms with Crippen LogP contribution in [0.15, 0.2) is 29.0 Å². The Bertz CT molecular complexity index is 550. The largest absolute Gasteiger partial charge is 0.480 e. The quantitative estimate of drug-likeness (QED) is 0.934. The number of pyridine rings is 1. The van der Waals surface area contributed by atoms with Gasteiger partial charge in [0.05, 0.1) is 23.3 Å². The second-order valence-corrected chi connectivity index (χ2v) is 3.98. The molecule has 0 aliphatic rings.